The summed E-state index contributed by atoms with van der Waals surface area (Å²) in [7, 11) is 3.09. The largest absolute Gasteiger partial charge is 0.497 e. The Hall–Kier alpha value is -2.57. The first-order valence-electron chi connectivity index (χ1n) is 6.83. The number of aldehydes is 1. The summed E-state index contributed by atoms with van der Waals surface area (Å²) >= 11 is 0. The van der Waals surface area contributed by atoms with Crippen LogP contribution in [-0.2, 0) is 20.9 Å². The van der Waals surface area contributed by atoms with Crippen molar-refractivity contribution >= 4 is 18.1 Å². The Balaban J connectivity index is 2.13. The van der Waals surface area contributed by atoms with E-state index >= 15 is 0 Å². The Morgan fingerprint density at radius 3 is 2.41 bits per heavy atom. The minimum atomic E-state index is -0.647. The van der Waals surface area contributed by atoms with Crippen LogP contribution < -0.4 is 9.47 Å². The van der Waals surface area contributed by atoms with Gasteiger partial charge in [-0.1, -0.05) is 0 Å². The molecule has 1 fully saturated rings. The monoisotopic (exact) mass is 306 g/mol. The molecule has 1 aliphatic rings. The molecule has 0 spiro atoms. The van der Waals surface area contributed by atoms with Gasteiger partial charge in [0.1, 0.15) is 17.8 Å². The highest BCUT2D eigenvalue weighted by molar-refractivity contribution is 6.35. The van der Waals surface area contributed by atoms with Crippen LogP contribution in [0.15, 0.2) is 18.2 Å². The van der Waals surface area contributed by atoms with E-state index in [-0.39, 0.29) is 13.1 Å². The number of methoxy groups -OCH3 is 2. The van der Waals surface area contributed by atoms with E-state index in [4.69, 9.17) is 9.47 Å². The summed E-state index contributed by atoms with van der Waals surface area (Å²) in [6.07, 6.45) is 0.618. The van der Waals surface area contributed by atoms with Crippen LogP contribution in [0, 0.1) is 0 Å². The van der Waals surface area contributed by atoms with Crippen molar-refractivity contribution in [2.45, 2.75) is 6.54 Å². The summed E-state index contributed by atoms with van der Waals surface area (Å²) in [6, 6.07) is 5.30. The van der Waals surface area contributed by atoms with Crippen LogP contribution >= 0.6 is 0 Å². The molecule has 22 heavy (non-hydrogen) atoms. The highest BCUT2D eigenvalue weighted by atomic mass is 16.5. The Bertz CT molecular complexity index is 587. The van der Waals surface area contributed by atoms with Crippen LogP contribution in [0.5, 0.6) is 11.5 Å². The van der Waals surface area contributed by atoms with Gasteiger partial charge in [0.15, 0.2) is 0 Å². The maximum Gasteiger partial charge on any atom is 0.312 e. The van der Waals surface area contributed by atoms with Gasteiger partial charge in [0, 0.05) is 31.3 Å². The van der Waals surface area contributed by atoms with E-state index in [1.165, 1.54) is 16.9 Å². The second-order valence-electron chi connectivity index (χ2n) is 4.82. The molecule has 0 radical (unpaired) electrons. The SMILES string of the molecule is COc1ccc(CN2CCN(CC=O)C(=O)C2=O)c(OC)c1. The predicted molar refractivity (Wildman–Crippen MR) is 77.6 cm³/mol. The lowest BCUT2D eigenvalue weighted by Crippen LogP contribution is -2.54. The van der Waals surface area contributed by atoms with Gasteiger partial charge in [-0.05, 0) is 12.1 Å². The first-order valence-corrected chi connectivity index (χ1v) is 6.83. The Morgan fingerprint density at radius 1 is 1.09 bits per heavy atom. The van der Waals surface area contributed by atoms with E-state index in [9.17, 15) is 14.4 Å². The van der Waals surface area contributed by atoms with Crippen molar-refractivity contribution in [3.8, 4) is 11.5 Å². The first kappa shape index (κ1) is 15.8. The standard InChI is InChI=1S/C15H18N2O5/c1-21-12-4-3-11(13(9-12)22-2)10-17-6-5-16(7-8-18)14(19)15(17)20/h3-4,8-9H,5-7,10H2,1-2H3. The third-order valence-corrected chi connectivity index (χ3v) is 3.55. The zero-order valence-electron chi connectivity index (χ0n) is 12.6. The third-order valence-electron chi connectivity index (χ3n) is 3.55. The molecule has 2 amide bonds. The average Bonchev–Trinajstić information content (AvgIpc) is 2.54. The van der Waals surface area contributed by atoms with Gasteiger partial charge < -0.3 is 24.1 Å². The summed E-state index contributed by atoms with van der Waals surface area (Å²) in [5.74, 6) is -0.00877. The lowest BCUT2D eigenvalue weighted by molar-refractivity contribution is -0.156. The second-order valence-corrected chi connectivity index (χ2v) is 4.82. The highest BCUT2D eigenvalue weighted by Crippen LogP contribution is 2.26. The van der Waals surface area contributed by atoms with Gasteiger partial charge >= 0.3 is 11.8 Å². The Kier molecular flexibility index (Phi) is 4.98. The molecule has 1 aliphatic heterocycles. The molecule has 1 saturated heterocycles. The van der Waals surface area contributed by atoms with Gasteiger partial charge in [-0.2, -0.15) is 0 Å². The van der Waals surface area contributed by atoms with Crippen molar-refractivity contribution < 1.29 is 23.9 Å². The predicted octanol–water partition coefficient (Wildman–Crippen LogP) is 0.0735. The van der Waals surface area contributed by atoms with Gasteiger partial charge in [0.2, 0.25) is 0 Å². The van der Waals surface area contributed by atoms with E-state index in [1.807, 2.05) is 0 Å². The van der Waals surface area contributed by atoms with Gasteiger partial charge in [-0.3, -0.25) is 9.59 Å². The minimum Gasteiger partial charge on any atom is -0.497 e. The first-order chi connectivity index (χ1) is 10.6. The smallest absolute Gasteiger partial charge is 0.312 e. The van der Waals surface area contributed by atoms with Crippen molar-refractivity contribution in [2.75, 3.05) is 33.9 Å². The molecule has 0 atom stereocenters. The molecule has 0 saturated carbocycles. The quantitative estimate of drug-likeness (QED) is 0.549. The van der Waals surface area contributed by atoms with Crippen LogP contribution in [0.4, 0.5) is 0 Å². The summed E-state index contributed by atoms with van der Waals surface area (Å²) in [5, 5.41) is 0. The van der Waals surface area contributed by atoms with Crippen molar-refractivity contribution in [3.63, 3.8) is 0 Å². The topological polar surface area (TPSA) is 76.2 Å². The number of nitrogens with zero attached hydrogens (tertiary/aromatic N) is 2. The third kappa shape index (κ3) is 3.19. The van der Waals surface area contributed by atoms with Crippen LogP contribution in [0.3, 0.4) is 0 Å². The average molecular weight is 306 g/mol. The second kappa shape index (κ2) is 6.93. The summed E-state index contributed by atoms with van der Waals surface area (Å²) < 4.78 is 10.4. The van der Waals surface area contributed by atoms with E-state index < -0.39 is 11.8 Å². The van der Waals surface area contributed by atoms with Crippen molar-refractivity contribution in [3.05, 3.63) is 23.8 Å². The van der Waals surface area contributed by atoms with E-state index in [1.54, 1.807) is 25.3 Å². The molecule has 0 bridgehead atoms. The molecular weight excluding hydrogens is 288 g/mol. The molecule has 1 aromatic rings. The van der Waals surface area contributed by atoms with Crippen LogP contribution in [0.1, 0.15) is 5.56 Å². The molecule has 7 heteroatoms. The van der Waals surface area contributed by atoms with E-state index in [0.29, 0.717) is 30.9 Å². The summed E-state index contributed by atoms with van der Waals surface area (Å²) in [6.45, 7) is 0.951. The number of carbonyl (C=O) groups excluding carboxylic acids is 3. The number of ether oxygens (including phenoxy) is 2. The Labute approximate surface area is 128 Å². The van der Waals surface area contributed by atoms with Crippen LogP contribution in [0.2, 0.25) is 0 Å². The zero-order valence-corrected chi connectivity index (χ0v) is 12.6. The normalized spacial score (nSPS) is 15.0. The molecule has 7 nitrogen and oxygen atoms in total. The minimum absolute atomic E-state index is 0.0513. The zero-order chi connectivity index (χ0) is 16.1. The molecule has 0 unspecified atom stereocenters. The molecule has 2 rings (SSSR count). The van der Waals surface area contributed by atoms with E-state index in [0.717, 1.165) is 5.56 Å². The van der Waals surface area contributed by atoms with Crippen molar-refractivity contribution in [2.24, 2.45) is 0 Å². The maximum atomic E-state index is 12.1. The number of rotatable bonds is 6. The number of hydrogen-bond acceptors (Lipinski definition) is 5. The Morgan fingerprint density at radius 2 is 1.77 bits per heavy atom. The van der Waals surface area contributed by atoms with Crippen LogP contribution in [0.25, 0.3) is 0 Å². The van der Waals surface area contributed by atoms with Crippen molar-refractivity contribution in [1.82, 2.24) is 9.80 Å². The molecular formula is C15H18N2O5. The summed E-state index contributed by atoms with van der Waals surface area (Å²) in [5.41, 5.74) is 0.785. The highest BCUT2D eigenvalue weighted by Gasteiger charge is 2.32. The van der Waals surface area contributed by atoms with E-state index in [2.05, 4.69) is 0 Å². The molecule has 0 aliphatic carbocycles. The molecule has 0 aromatic heterocycles. The number of amides is 2. The molecule has 1 aromatic carbocycles. The molecule has 118 valence electrons. The number of carbonyl (C=O) groups is 3. The van der Waals surface area contributed by atoms with Gasteiger partial charge in [-0.15, -0.1) is 0 Å². The van der Waals surface area contributed by atoms with Crippen LogP contribution in [-0.4, -0.2) is 61.8 Å². The fraction of sp³-hybridized carbons (Fsp3) is 0.400. The lowest BCUT2D eigenvalue weighted by atomic mass is 10.1. The van der Waals surface area contributed by atoms with Crippen molar-refractivity contribution in [1.29, 1.82) is 0 Å². The lowest BCUT2D eigenvalue weighted by Gasteiger charge is -2.33. The number of hydrogen-bond donors (Lipinski definition) is 0. The number of benzene rings is 1. The molecule has 0 N–H and O–H groups in total. The summed E-state index contributed by atoms with van der Waals surface area (Å²) in [4.78, 5) is 37.2. The fourth-order valence-electron chi connectivity index (χ4n) is 2.32. The maximum absolute atomic E-state index is 12.1. The van der Waals surface area contributed by atoms with Gasteiger partial charge in [0.05, 0.1) is 20.8 Å². The van der Waals surface area contributed by atoms with Gasteiger partial charge in [-0.25, -0.2) is 0 Å². The fourth-order valence-corrected chi connectivity index (χ4v) is 2.32. The molecule has 1 heterocycles. The van der Waals surface area contributed by atoms with Gasteiger partial charge in [0.25, 0.3) is 0 Å². The number of piperazine rings is 1.